The van der Waals surface area contributed by atoms with Crippen LogP contribution in [0.5, 0.6) is 5.75 Å². The summed E-state index contributed by atoms with van der Waals surface area (Å²) >= 11 is 3.41. The molecule has 24 heavy (non-hydrogen) atoms. The van der Waals surface area contributed by atoms with Gasteiger partial charge in [-0.25, -0.2) is 13.2 Å². The van der Waals surface area contributed by atoms with Crippen molar-refractivity contribution in [2.75, 3.05) is 6.61 Å². The number of nitrogens with zero attached hydrogens (tertiary/aromatic N) is 1. The van der Waals surface area contributed by atoms with E-state index >= 15 is 0 Å². The number of hydrazone groups is 1. The molecule has 7 heteroatoms. The lowest BCUT2D eigenvalue weighted by Gasteiger charge is -2.09. The molecular weight excluding hydrogens is 392 g/mol. The van der Waals surface area contributed by atoms with Crippen molar-refractivity contribution in [3.63, 3.8) is 0 Å². The zero-order chi connectivity index (χ0) is 17.0. The Balaban J connectivity index is 1.81. The Kier molecular flexibility index (Phi) is 5.20. The van der Waals surface area contributed by atoms with Crippen LogP contribution in [0.15, 0.2) is 58.1 Å². The van der Waals surface area contributed by atoms with Crippen molar-refractivity contribution in [3.8, 4) is 5.75 Å². The monoisotopic (exact) mass is 408 g/mol. The normalized spacial score (nSPS) is 16.1. The Hall–Kier alpha value is -1.86. The molecule has 0 aliphatic carbocycles. The third-order valence-electron chi connectivity index (χ3n) is 3.59. The molecule has 1 heterocycles. The molecule has 0 radical (unpaired) electrons. The van der Waals surface area contributed by atoms with Gasteiger partial charge in [0.15, 0.2) is 0 Å². The van der Waals surface area contributed by atoms with Gasteiger partial charge in [0.05, 0.1) is 18.1 Å². The zero-order valence-corrected chi connectivity index (χ0v) is 15.3. The van der Waals surface area contributed by atoms with Crippen molar-refractivity contribution in [3.05, 3.63) is 64.1 Å². The van der Waals surface area contributed by atoms with Gasteiger partial charge < -0.3 is 4.74 Å². The van der Waals surface area contributed by atoms with Crippen LogP contribution in [0.4, 0.5) is 0 Å². The summed E-state index contributed by atoms with van der Waals surface area (Å²) in [7, 11) is -3.54. The predicted octanol–water partition coefficient (Wildman–Crippen LogP) is 3.45. The number of hydrogen-bond acceptors (Lipinski definition) is 4. The van der Waals surface area contributed by atoms with E-state index in [1.165, 1.54) is 0 Å². The van der Waals surface area contributed by atoms with Gasteiger partial charge in [-0.3, -0.25) is 0 Å². The minimum absolute atomic E-state index is 0.103. The highest BCUT2D eigenvalue weighted by atomic mass is 79.9. The fourth-order valence-corrected chi connectivity index (χ4v) is 3.76. The summed E-state index contributed by atoms with van der Waals surface area (Å²) < 4.78 is 31.1. The Morgan fingerprint density at radius 3 is 2.75 bits per heavy atom. The molecule has 2 aromatic carbocycles. The van der Waals surface area contributed by atoms with E-state index in [1.54, 1.807) is 12.1 Å². The maximum atomic E-state index is 12.2. The minimum atomic E-state index is -3.54. The molecule has 0 atom stereocenters. The van der Waals surface area contributed by atoms with Crippen molar-refractivity contribution in [1.82, 2.24) is 4.83 Å². The average Bonchev–Trinajstić information content (AvgIpc) is 2.75. The van der Waals surface area contributed by atoms with Crippen LogP contribution in [0.2, 0.25) is 0 Å². The maximum absolute atomic E-state index is 12.2. The number of ether oxygens (including phenoxy) is 1. The van der Waals surface area contributed by atoms with Crippen LogP contribution < -0.4 is 9.57 Å². The highest BCUT2D eigenvalue weighted by Gasteiger charge is 2.17. The van der Waals surface area contributed by atoms with Crippen LogP contribution >= 0.6 is 15.9 Å². The van der Waals surface area contributed by atoms with E-state index in [-0.39, 0.29) is 5.75 Å². The van der Waals surface area contributed by atoms with E-state index < -0.39 is 10.0 Å². The van der Waals surface area contributed by atoms with Crippen LogP contribution in [0.3, 0.4) is 0 Å². The SMILES string of the molecule is O=S(=O)(Cc1ccccc1)N/N=C1\CCCOc2cc(Br)ccc21. The summed E-state index contributed by atoms with van der Waals surface area (Å²) in [5, 5.41) is 4.17. The maximum Gasteiger partial charge on any atom is 0.251 e. The second kappa shape index (κ2) is 7.36. The molecule has 1 N–H and O–H groups in total. The van der Waals surface area contributed by atoms with E-state index in [2.05, 4.69) is 25.9 Å². The van der Waals surface area contributed by atoms with Crippen molar-refractivity contribution < 1.29 is 13.2 Å². The number of benzene rings is 2. The van der Waals surface area contributed by atoms with Crippen LogP contribution in [0.25, 0.3) is 0 Å². The first kappa shape index (κ1) is 17.0. The van der Waals surface area contributed by atoms with Crippen LogP contribution in [-0.2, 0) is 15.8 Å². The highest BCUT2D eigenvalue weighted by Crippen LogP contribution is 2.28. The van der Waals surface area contributed by atoms with Gasteiger partial charge in [-0.15, -0.1) is 0 Å². The first-order valence-corrected chi connectivity index (χ1v) is 10.0. The molecule has 0 unspecified atom stereocenters. The molecule has 0 fully saturated rings. The first-order chi connectivity index (χ1) is 11.5. The lowest BCUT2D eigenvalue weighted by molar-refractivity contribution is 0.317. The molecule has 5 nitrogen and oxygen atoms in total. The molecule has 0 bridgehead atoms. The van der Waals surface area contributed by atoms with Crippen LogP contribution in [-0.4, -0.2) is 20.7 Å². The molecular formula is C17H17BrN2O3S. The number of sulfonamides is 1. The molecule has 1 aliphatic rings. The number of hydrogen-bond donors (Lipinski definition) is 1. The largest absolute Gasteiger partial charge is 0.493 e. The topological polar surface area (TPSA) is 67.8 Å². The zero-order valence-electron chi connectivity index (χ0n) is 12.9. The fraction of sp³-hybridized carbons (Fsp3) is 0.235. The summed E-state index contributed by atoms with van der Waals surface area (Å²) in [6.07, 6.45) is 1.44. The molecule has 0 amide bonds. The number of fused-ring (bicyclic) bond motifs is 1. The van der Waals surface area contributed by atoms with Gasteiger partial charge in [-0.1, -0.05) is 46.3 Å². The predicted molar refractivity (Wildman–Crippen MR) is 97.6 cm³/mol. The number of halogens is 1. The van der Waals surface area contributed by atoms with Gasteiger partial charge in [-0.05, 0) is 36.6 Å². The second-order valence-electron chi connectivity index (χ2n) is 5.49. The molecule has 0 saturated carbocycles. The van der Waals surface area contributed by atoms with E-state index in [4.69, 9.17) is 4.74 Å². The van der Waals surface area contributed by atoms with Crippen molar-refractivity contribution in [2.24, 2.45) is 5.10 Å². The Bertz CT molecular complexity index is 851. The Morgan fingerprint density at radius 2 is 1.96 bits per heavy atom. The quantitative estimate of drug-likeness (QED) is 0.787. The smallest absolute Gasteiger partial charge is 0.251 e. The average molecular weight is 409 g/mol. The number of rotatable bonds is 4. The minimum Gasteiger partial charge on any atom is -0.493 e. The van der Waals surface area contributed by atoms with Crippen LogP contribution in [0, 0.1) is 0 Å². The summed E-state index contributed by atoms with van der Waals surface area (Å²) in [6.45, 7) is 0.583. The van der Waals surface area contributed by atoms with Crippen LogP contribution in [0.1, 0.15) is 24.0 Å². The molecule has 126 valence electrons. The molecule has 0 saturated heterocycles. The van der Waals surface area contributed by atoms with E-state index in [0.29, 0.717) is 24.5 Å². The first-order valence-electron chi connectivity index (χ1n) is 7.56. The standard InChI is InChI=1S/C17H17BrN2O3S/c18-14-8-9-15-16(7-4-10-23-17(15)11-14)19-20-24(21,22)12-13-5-2-1-3-6-13/h1-3,5-6,8-9,11,20H,4,7,10,12H2/b19-16+. The van der Waals surface area contributed by atoms with Crippen molar-refractivity contribution in [2.45, 2.75) is 18.6 Å². The summed E-state index contributed by atoms with van der Waals surface area (Å²) in [4.78, 5) is 2.35. The number of nitrogens with one attached hydrogen (secondary N) is 1. The van der Waals surface area contributed by atoms with Gasteiger partial charge in [0, 0.05) is 10.0 Å². The van der Waals surface area contributed by atoms with E-state index in [1.807, 2.05) is 36.4 Å². The summed E-state index contributed by atoms with van der Waals surface area (Å²) in [5.41, 5.74) is 2.23. The van der Waals surface area contributed by atoms with E-state index in [0.717, 1.165) is 22.0 Å². The van der Waals surface area contributed by atoms with Gasteiger partial charge >= 0.3 is 0 Å². The third-order valence-corrected chi connectivity index (χ3v) is 5.17. The Morgan fingerprint density at radius 1 is 1.17 bits per heavy atom. The molecule has 1 aliphatic heterocycles. The van der Waals surface area contributed by atoms with Gasteiger partial charge in [-0.2, -0.15) is 5.10 Å². The molecule has 2 aromatic rings. The lowest BCUT2D eigenvalue weighted by atomic mass is 10.1. The fourth-order valence-electron chi connectivity index (χ4n) is 2.48. The third kappa shape index (κ3) is 4.36. The van der Waals surface area contributed by atoms with Gasteiger partial charge in [0.1, 0.15) is 5.75 Å². The van der Waals surface area contributed by atoms with E-state index in [9.17, 15) is 8.42 Å². The summed E-state index contributed by atoms with van der Waals surface area (Å²) in [5.74, 6) is 0.608. The van der Waals surface area contributed by atoms with Gasteiger partial charge in [0.2, 0.25) is 0 Å². The second-order valence-corrected chi connectivity index (χ2v) is 8.10. The molecule has 0 spiro atoms. The molecule has 3 rings (SSSR count). The summed E-state index contributed by atoms with van der Waals surface area (Å²) in [6, 6.07) is 14.7. The lowest BCUT2D eigenvalue weighted by Crippen LogP contribution is -2.22. The molecule has 0 aromatic heterocycles. The van der Waals surface area contributed by atoms with Gasteiger partial charge in [0.25, 0.3) is 10.0 Å². The van der Waals surface area contributed by atoms with Crippen molar-refractivity contribution >= 4 is 31.7 Å². The van der Waals surface area contributed by atoms with Crippen molar-refractivity contribution in [1.29, 1.82) is 0 Å². The highest BCUT2D eigenvalue weighted by molar-refractivity contribution is 9.10. The Labute approximate surface area is 149 Å².